The fraction of sp³-hybridized carbons (Fsp3) is 0.571. The SMILES string of the molecule is CC(C)N(CCOCCN)Cc1ccccc1. The van der Waals surface area contributed by atoms with E-state index in [4.69, 9.17) is 10.5 Å². The molecule has 1 aromatic carbocycles. The molecule has 0 saturated heterocycles. The summed E-state index contributed by atoms with van der Waals surface area (Å²) in [5, 5.41) is 0. The van der Waals surface area contributed by atoms with Gasteiger partial charge in [-0.1, -0.05) is 30.3 Å². The number of benzene rings is 1. The van der Waals surface area contributed by atoms with Crippen molar-refractivity contribution >= 4 is 0 Å². The van der Waals surface area contributed by atoms with Crippen LogP contribution in [0, 0.1) is 0 Å². The molecule has 0 heterocycles. The van der Waals surface area contributed by atoms with E-state index in [2.05, 4.69) is 43.0 Å². The summed E-state index contributed by atoms with van der Waals surface area (Å²) >= 11 is 0. The number of nitrogens with zero attached hydrogens (tertiary/aromatic N) is 1. The van der Waals surface area contributed by atoms with Gasteiger partial charge in [0.1, 0.15) is 0 Å². The van der Waals surface area contributed by atoms with Crippen molar-refractivity contribution in [1.29, 1.82) is 0 Å². The van der Waals surface area contributed by atoms with E-state index in [9.17, 15) is 0 Å². The molecule has 0 bridgehead atoms. The molecule has 0 spiro atoms. The third-order valence-electron chi connectivity index (χ3n) is 2.74. The Morgan fingerprint density at radius 1 is 1.18 bits per heavy atom. The molecule has 3 heteroatoms. The predicted octanol–water partition coefficient (Wildman–Crippen LogP) is 1.87. The van der Waals surface area contributed by atoms with E-state index >= 15 is 0 Å². The first-order valence-electron chi connectivity index (χ1n) is 6.30. The molecular weight excluding hydrogens is 212 g/mol. The smallest absolute Gasteiger partial charge is 0.0594 e. The van der Waals surface area contributed by atoms with Crippen LogP contribution in [0.25, 0.3) is 0 Å². The van der Waals surface area contributed by atoms with Crippen molar-refractivity contribution in [3.63, 3.8) is 0 Å². The van der Waals surface area contributed by atoms with E-state index in [-0.39, 0.29) is 0 Å². The van der Waals surface area contributed by atoms with Gasteiger partial charge in [-0.25, -0.2) is 0 Å². The van der Waals surface area contributed by atoms with Gasteiger partial charge in [0.05, 0.1) is 13.2 Å². The Morgan fingerprint density at radius 2 is 1.88 bits per heavy atom. The fourth-order valence-corrected chi connectivity index (χ4v) is 1.70. The number of ether oxygens (including phenoxy) is 1. The maximum absolute atomic E-state index is 5.43. The molecule has 0 aliphatic carbocycles. The van der Waals surface area contributed by atoms with Gasteiger partial charge in [-0.3, -0.25) is 4.90 Å². The summed E-state index contributed by atoms with van der Waals surface area (Å²) in [5.74, 6) is 0. The maximum Gasteiger partial charge on any atom is 0.0594 e. The maximum atomic E-state index is 5.43. The molecule has 0 aliphatic heterocycles. The summed E-state index contributed by atoms with van der Waals surface area (Å²) in [4.78, 5) is 2.41. The molecule has 0 aliphatic rings. The van der Waals surface area contributed by atoms with Gasteiger partial charge in [0.25, 0.3) is 0 Å². The lowest BCUT2D eigenvalue weighted by Crippen LogP contribution is -2.33. The van der Waals surface area contributed by atoms with Gasteiger partial charge in [-0.2, -0.15) is 0 Å². The second kappa shape index (κ2) is 8.23. The third-order valence-corrected chi connectivity index (χ3v) is 2.74. The largest absolute Gasteiger partial charge is 0.379 e. The van der Waals surface area contributed by atoms with E-state index in [0.717, 1.165) is 19.7 Å². The van der Waals surface area contributed by atoms with Crippen LogP contribution in [-0.4, -0.2) is 37.2 Å². The molecule has 0 fully saturated rings. The predicted molar refractivity (Wildman–Crippen MR) is 71.9 cm³/mol. The Bertz CT molecular complexity index is 288. The molecule has 0 amide bonds. The Hall–Kier alpha value is -0.900. The quantitative estimate of drug-likeness (QED) is 0.700. The summed E-state index contributed by atoms with van der Waals surface area (Å²) in [7, 11) is 0. The fourth-order valence-electron chi connectivity index (χ4n) is 1.70. The van der Waals surface area contributed by atoms with Gasteiger partial charge in [0, 0.05) is 25.7 Å². The Kier molecular flexibility index (Phi) is 6.86. The number of hydrogen-bond acceptors (Lipinski definition) is 3. The molecule has 2 N–H and O–H groups in total. The zero-order valence-electron chi connectivity index (χ0n) is 10.9. The molecule has 0 radical (unpaired) electrons. The van der Waals surface area contributed by atoms with Crippen molar-refractivity contribution < 1.29 is 4.74 Å². The average Bonchev–Trinajstić information content (AvgIpc) is 2.34. The molecule has 0 atom stereocenters. The summed E-state index contributed by atoms with van der Waals surface area (Å²) in [6.45, 7) is 8.36. The molecule has 1 aromatic rings. The van der Waals surface area contributed by atoms with Gasteiger partial charge in [0.15, 0.2) is 0 Å². The van der Waals surface area contributed by atoms with Crippen molar-refractivity contribution in [2.45, 2.75) is 26.4 Å². The van der Waals surface area contributed by atoms with Gasteiger partial charge in [0.2, 0.25) is 0 Å². The van der Waals surface area contributed by atoms with Gasteiger partial charge in [-0.05, 0) is 19.4 Å². The molecule has 17 heavy (non-hydrogen) atoms. The van der Waals surface area contributed by atoms with Gasteiger partial charge >= 0.3 is 0 Å². The van der Waals surface area contributed by atoms with Gasteiger partial charge < -0.3 is 10.5 Å². The van der Waals surface area contributed by atoms with Crippen LogP contribution in [0.3, 0.4) is 0 Å². The van der Waals surface area contributed by atoms with Crippen LogP contribution in [-0.2, 0) is 11.3 Å². The normalized spacial score (nSPS) is 11.4. The minimum absolute atomic E-state index is 0.525. The van der Waals surface area contributed by atoms with E-state index in [1.54, 1.807) is 0 Å². The highest BCUT2D eigenvalue weighted by molar-refractivity contribution is 5.14. The molecule has 3 nitrogen and oxygen atoms in total. The minimum atomic E-state index is 0.525. The lowest BCUT2D eigenvalue weighted by atomic mass is 10.2. The zero-order chi connectivity index (χ0) is 12.5. The Balaban J connectivity index is 2.38. The minimum Gasteiger partial charge on any atom is -0.379 e. The Morgan fingerprint density at radius 3 is 2.47 bits per heavy atom. The van der Waals surface area contributed by atoms with E-state index < -0.39 is 0 Å². The van der Waals surface area contributed by atoms with E-state index in [1.165, 1.54) is 5.56 Å². The third kappa shape index (κ3) is 5.82. The second-order valence-electron chi connectivity index (χ2n) is 4.45. The molecule has 96 valence electrons. The second-order valence-corrected chi connectivity index (χ2v) is 4.45. The van der Waals surface area contributed by atoms with Crippen LogP contribution in [0.1, 0.15) is 19.4 Å². The number of rotatable bonds is 8. The van der Waals surface area contributed by atoms with Crippen molar-refractivity contribution in [2.75, 3.05) is 26.3 Å². The monoisotopic (exact) mass is 236 g/mol. The number of nitrogens with two attached hydrogens (primary N) is 1. The van der Waals surface area contributed by atoms with Crippen LogP contribution in [0.15, 0.2) is 30.3 Å². The van der Waals surface area contributed by atoms with E-state index in [1.807, 2.05) is 6.07 Å². The lowest BCUT2D eigenvalue weighted by molar-refractivity contribution is 0.0939. The zero-order valence-corrected chi connectivity index (χ0v) is 10.9. The summed E-state index contributed by atoms with van der Waals surface area (Å²) in [5.41, 5.74) is 6.74. The first kappa shape index (κ1) is 14.2. The number of hydrogen-bond donors (Lipinski definition) is 1. The average molecular weight is 236 g/mol. The summed E-state index contributed by atoms with van der Waals surface area (Å²) in [6.07, 6.45) is 0. The van der Waals surface area contributed by atoms with Gasteiger partial charge in [-0.15, -0.1) is 0 Å². The topological polar surface area (TPSA) is 38.5 Å². The molecule has 0 aromatic heterocycles. The van der Waals surface area contributed by atoms with Crippen molar-refractivity contribution in [3.05, 3.63) is 35.9 Å². The molecular formula is C14H24N2O. The standard InChI is InChI=1S/C14H24N2O/c1-13(2)16(9-11-17-10-8-15)12-14-6-4-3-5-7-14/h3-7,13H,8-12,15H2,1-2H3. The molecule has 0 saturated carbocycles. The van der Waals surface area contributed by atoms with Crippen LogP contribution in [0.2, 0.25) is 0 Å². The first-order valence-corrected chi connectivity index (χ1v) is 6.30. The van der Waals surface area contributed by atoms with Crippen LogP contribution >= 0.6 is 0 Å². The van der Waals surface area contributed by atoms with Crippen molar-refractivity contribution in [3.8, 4) is 0 Å². The molecule has 0 unspecified atom stereocenters. The van der Waals surface area contributed by atoms with Crippen LogP contribution < -0.4 is 5.73 Å². The van der Waals surface area contributed by atoms with Crippen LogP contribution in [0.5, 0.6) is 0 Å². The highest BCUT2D eigenvalue weighted by Crippen LogP contribution is 2.07. The van der Waals surface area contributed by atoms with Crippen molar-refractivity contribution in [1.82, 2.24) is 4.90 Å². The highest BCUT2D eigenvalue weighted by atomic mass is 16.5. The lowest BCUT2D eigenvalue weighted by Gasteiger charge is -2.26. The highest BCUT2D eigenvalue weighted by Gasteiger charge is 2.09. The Labute approximate surface area is 105 Å². The first-order chi connectivity index (χ1) is 8.24. The van der Waals surface area contributed by atoms with E-state index in [0.29, 0.717) is 19.2 Å². The van der Waals surface area contributed by atoms with Crippen LogP contribution in [0.4, 0.5) is 0 Å². The van der Waals surface area contributed by atoms with Crippen molar-refractivity contribution in [2.24, 2.45) is 5.73 Å². The summed E-state index contributed by atoms with van der Waals surface area (Å²) in [6, 6.07) is 11.1. The summed E-state index contributed by atoms with van der Waals surface area (Å²) < 4.78 is 5.43. The molecule has 1 rings (SSSR count).